The standard InChI is InChI=1S/C19H27NO6/c1-14(21)26-13-19(2,3)17(18(23)20-11-10-16(22)24-4)25-12-15-8-6-5-7-9-15/h5-9,17H,10-13H2,1-4H3,(H,20,23). The molecule has 1 N–H and O–H groups in total. The summed E-state index contributed by atoms with van der Waals surface area (Å²) in [6.07, 6.45) is -0.794. The van der Waals surface area contributed by atoms with Gasteiger partial charge in [0.2, 0.25) is 5.91 Å². The molecule has 0 spiro atoms. The molecule has 0 saturated heterocycles. The first-order valence-corrected chi connectivity index (χ1v) is 8.39. The van der Waals surface area contributed by atoms with Gasteiger partial charge in [-0.25, -0.2) is 0 Å². The van der Waals surface area contributed by atoms with Crippen molar-refractivity contribution in [1.82, 2.24) is 5.32 Å². The van der Waals surface area contributed by atoms with Crippen LogP contribution < -0.4 is 5.32 Å². The van der Waals surface area contributed by atoms with Crippen LogP contribution in [-0.2, 0) is 35.2 Å². The van der Waals surface area contributed by atoms with Crippen LogP contribution in [0.4, 0.5) is 0 Å². The van der Waals surface area contributed by atoms with Gasteiger partial charge < -0.3 is 19.5 Å². The molecule has 1 aromatic rings. The molecular formula is C19H27NO6. The summed E-state index contributed by atoms with van der Waals surface area (Å²) in [6.45, 7) is 5.29. The molecule has 1 aromatic carbocycles. The number of benzene rings is 1. The predicted molar refractivity (Wildman–Crippen MR) is 95.1 cm³/mol. The van der Waals surface area contributed by atoms with Crippen molar-refractivity contribution in [3.63, 3.8) is 0 Å². The molecule has 0 radical (unpaired) electrons. The molecule has 1 amide bonds. The minimum Gasteiger partial charge on any atom is -0.469 e. The summed E-state index contributed by atoms with van der Waals surface area (Å²) in [4.78, 5) is 34.9. The van der Waals surface area contributed by atoms with Gasteiger partial charge in [0.1, 0.15) is 6.10 Å². The van der Waals surface area contributed by atoms with E-state index in [1.165, 1.54) is 14.0 Å². The first-order valence-electron chi connectivity index (χ1n) is 8.39. The summed E-state index contributed by atoms with van der Waals surface area (Å²) in [6, 6.07) is 9.45. The Hall–Kier alpha value is -2.41. The summed E-state index contributed by atoms with van der Waals surface area (Å²) in [7, 11) is 1.29. The maximum Gasteiger partial charge on any atom is 0.307 e. The number of hydrogen-bond donors (Lipinski definition) is 1. The topological polar surface area (TPSA) is 90.9 Å². The number of hydrogen-bond acceptors (Lipinski definition) is 6. The molecule has 0 aliphatic rings. The van der Waals surface area contributed by atoms with Crippen molar-refractivity contribution in [3.05, 3.63) is 35.9 Å². The lowest BCUT2D eigenvalue weighted by Crippen LogP contribution is -2.48. The highest BCUT2D eigenvalue weighted by Crippen LogP contribution is 2.25. The molecule has 7 heteroatoms. The van der Waals surface area contributed by atoms with Gasteiger partial charge in [0.15, 0.2) is 0 Å². The SMILES string of the molecule is COC(=O)CCNC(=O)C(OCc1ccccc1)C(C)(C)COC(C)=O. The van der Waals surface area contributed by atoms with Crippen molar-refractivity contribution in [3.8, 4) is 0 Å². The minimum absolute atomic E-state index is 0.0339. The van der Waals surface area contributed by atoms with E-state index >= 15 is 0 Å². The third-order valence-corrected chi connectivity index (χ3v) is 3.71. The minimum atomic E-state index is -0.861. The van der Waals surface area contributed by atoms with E-state index in [-0.39, 0.29) is 32.1 Å². The van der Waals surface area contributed by atoms with Crippen molar-refractivity contribution in [2.75, 3.05) is 20.3 Å². The number of nitrogens with one attached hydrogen (secondary N) is 1. The Balaban J connectivity index is 2.77. The Morgan fingerprint density at radius 3 is 2.38 bits per heavy atom. The molecular weight excluding hydrogens is 338 g/mol. The predicted octanol–water partition coefficient (Wildman–Crippen LogP) is 1.84. The second kappa shape index (κ2) is 10.6. The highest BCUT2D eigenvalue weighted by Gasteiger charge is 2.37. The molecule has 7 nitrogen and oxygen atoms in total. The monoisotopic (exact) mass is 365 g/mol. The second-order valence-electron chi connectivity index (χ2n) is 6.56. The fraction of sp³-hybridized carbons (Fsp3) is 0.526. The number of carbonyl (C=O) groups is 3. The molecule has 1 atom stereocenters. The quantitative estimate of drug-likeness (QED) is 0.636. The smallest absolute Gasteiger partial charge is 0.307 e. The average molecular weight is 365 g/mol. The van der Waals surface area contributed by atoms with Gasteiger partial charge in [-0.1, -0.05) is 44.2 Å². The van der Waals surface area contributed by atoms with E-state index in [4.69, 9.17) is 9.47 Å². The second-order valence-corrected chi connectivity index (χ2v) is 6.56. The van der Waals surface area contributed by atoms with Crippen LogP contribution in [0.1, 0.15) is 32.8 Å². The molecule has 0 bridgehead atoms. The van der Waals surface area contributed by atoms with Crippen molar-refractivity contribution in [2.45, 2.75) is 39.9 Å². The van der Waals surface area contributed by atoms with Crippen LogP contribution in [0.5, 0.6) is 0 Å². The van der Waals surface area contributed by atoms with Gasteiger partial charge in [-0.3, -0.25) is 14.4 Å². The molecule has 0 aliphatic heterocycles. The molecule has 1 rings (SSSR count). The zero-order valence-corrected chi connectivity index (χ0v) is 15.7. The third kappa shape index (κ3) is 7.65. The van der Waals surface area contributed by atoms with Gasteiger partial charge in [0, 0.05) is 18.9 Å². The maximum absolute atomic E-state index is 12.6. The van der Waals surface area contributed by atoms with Gasteiger partial charge in [-0.2, -0.15) is 0 Å². The van der Waals surface area contributed by atoms with E-state index in [0.717, 1.165) is 5.56 Å². The van der Waals surface area contributed by atoms with E-state index in [0.29, 0.717) is 0 Å². The Kier molecular flexibility index (Phi) is 8.78. The van der Waals surface area contributed by atoms with Gasteiger partial charge in [0.05, 0.1) is 26.7 Å². The third-order valence-electron chi connectivity index (χ3n) is 3.71. The zero-order valence-electron chi connectivity index (χ0n) is 15.7. The number of carbonyl (C=O) groups excluding carboxylic acids is 3. The summed E-state index contributed by atoms with van der Waals surface area (Å²) >= 11 is 0. The first-order chi connectivity index (χ1) is 12.3. The Labute approximate surface area is 154 Å². The van der Waals surface area contributed by atoms with Crippen LogP contribution in [-0.4, -0.2) is 44.2 Å². The maximum atomic E-state index is 12.6. The highest BCUT2D eigenvalue weighted by atomic mass is 16.5. The van der Waals surface area contributed by atoms with Gasteiger partial charge in [-0.15, -0.1) is 0 Å². The van der Waals surface area contributed by atoms with Crippen molar-refractivity contribution in [2.24, 2.45) is 5.41 Å². The van der Waals surface area contributed by atoms with Crippen LogP contribution in [0, 0.1) is 5.41 Å². The van der Waals surface area contributed by atoms with Gasteiger partial charge in [-0.05, 0) is 5.56 Å². The van der Waals surface area contributed by atoms with Crippen LogP contribution in [0.2, 0.25) is 0 Å². The Morgan fingerprint density at radius 1 is 1.15 bits per heavy atom. The Bertz CT molecular complexity index is 599. The molecule has 0 saturated carbocycles. The van der Waals surface area contributed by atoms with Crippen LogP contribution in [0.25, 0.3) is 0 Å². The lowest BCUT2D eigenvalue weighted by atomic mass is 9.86. The Morgan fingerprint density at radius 2 is 1.81 bits per heavy atom. The summed E-state index contributed by atoms with van der Waals surface area (Å²) in [5.74, 6) is -1.21. The van der Waals surface area contributed by atoms with E-state index in [2.05, 4.69) is 10.1 Å². The van der Waals surface area contributed by atoms with Gasteiger partial charge >= 0.3 is 11.9 Å². The van der Waals surface area contributed by atoms with Gasteiger partial charge in [0.25, 0.3) is 0 Å². The average Bonchev–Trinajstić information content (AvgIpc) is 2.60. The van der Waals surface area contributed by atoms with Crippen molar-refractivity contribution < 1.29 is 28.6 Å². The molecule has 0 heterocycles. The number of amides is 1. The molecule has 0 aromatic heterocycles. The van der Waals surface area contributed by atoms with E-state index in [1.807, 2.05) is 30.3 Å². The summed E-state index contributed by atoms with van der Waals surface area (Å²) in [5, 5.41) is 2.67. The molecule has 26 heavy (non-hydrogen) atoms. The molecule has 144 valence electrons. The summed E-state index contributed by atoms with van der Waals surface area (Å²) in [5.41, 5.74) is 0.165. The largest absolute Gasteiger partial charge is 0.469 e. The summed E-state index contributed by atoms with van der Waals surface area (Å²) < 4.78 is 15.5. The number of ether oxygens (including phenoxy) is 3. The lowest BCUT2D eigenvalue weighted by molar-refractivity contribution is -0.156. The normalized spacial score (nSPS) is 12.2. The number of esters is 2. The van der Waals surface area contributed by atoms with Crippen LogP contribution in [0.3, 0.4) is 0 Å². The van der Waals surface area contributed by atoms with Crippen LogP contribution >= 0.6 is 0 Å². The molecule has 0 fully saturated rings. The fourth-order valence-corrected chi connectivity index (χ4v) is 2.26. The zero-order chi connectivity index (χ0) is 19.6. The first kappa shape index (κ1) is 21.6. The van der Waals surface area contributed by atoms with E-state index < -0.39 is 23.5 Å². The van der Waals surface area contributed by atoms with Crippen molar-refractivity contribution >= 4 is 17.8 Å². The fourth-order valence-electron chi connectivity index (χ4n) is 2.26. The van der Waals surface area contributed by atoms with E-state index in [1.54, 1.807) is 13.8 Å². The molecule has 0 aliphatic carbocycles. The highest BCUT2D eigenvalue weighted by molar-refractivity contribution is 5.82. The van der Waals surface area contributed by atoms with Crippen molar-refractivity contribution in [1.29, 1.82) is 0 Å². The molecule has 1 unspecified atom stereocenters. The number of rotatable bonds is 10. The number of methoxy groups -OCH3 is 1. The van der Waals surface area contributed by atoms with E-state index in [9.17, 15) is 14.4 Å². The lowest BCUT2D eigenvalue weighted by Gasteiger charge is -2.32. The van der Waals surface area contributed by atoms with Crippen LogP contribution in [0.15, 0.2) is 30.3 Å².